The highest BCUT2D eigenvalue weighted by molar-refractivity contribution is 6.04. The standard InChI is InChI=1S/C17H19F3N4O/c18-17(19,20)15-13(7-4-8-21-15)16(25)22-14-10-12(23-24-14)9-11-5-2-1-3-6-11/h4,7-8,10-11H,1-3,5-6,9H2,(H2,22,23,24,25). The van der Waals surface area contributed by atoms with E-state index in [0.717, 1.165) is 24.4 Å². The number of halogens is 3. The van der Waals surface area contributed by atoms with Crippen LogP contribution in [0.5, 0.6) is 0 Å². The highest BCUT2D eigenvalue weighted by atomic mass is 19.4. The van der Waals surface area contributed by atoms with Crippen LogP contribution in [0.3, 0.4) is 0 Å². The van der Waals surface area contributed by atoms with Crippen LogP contribution in [0.1, 0.15) is 53.8 Å². The Balaban J connectivity index is 1.68. The average Bonchev–Trinajstić information content (AvgIpc) is 3.02. The summed E-state index contributed by atoms with van der Waals surface area (Å²) in [6.07, 6.45) is 3.23. The van der Waals surface area contributed by atoms with Gasteiger partial charge in [-0.1, -0.05) is 32.1 Å². The predicted octanol–water partition coefficient (Wildman–Crippen LogP) is 4.20. The Morgan fingerprint density at radius 2 is 2.04 bits per heavy atom. The van der Waals surface area contributed by atoms with Gasteiger partial charge in [-0.2, -0.15) is 18.3 Å². The molecule has 3 rings (SSSR count). The van der Waals surface area contributed by atoms with Crippen LogP contribution in [0.15, 0.2) is 24.4 Å². The summed E-state index contributed by atoms with van der Waals surface area (Å²) in [6.45, 7) is 0. The Morgan fingerprint density at radius 3 is 2.76 bits per heavy atom. The van der Waals surface area contributed by atoms with Gasteiger partial charge in [0.05, 0.1) is 5.56 Å². The number of pyridine rings is 1. The molecule has 0 atom stereocenters. The second kappa shape index (κ2) is 7.25. The highest BCUT2D eigenvalue weighted by Gasteiger charge is 2.37. The normalized spacial score (nSPS) is 16.0. The molecule has 25 heavy (non-hydrogen) atoms. The molecule has 2 aromatic rings. The quantitative estimate of drug-likeness (QED) is 0.866. The fourth-order valence-corrected chi connectivity index (χ4v) is 3.23. The van der Waals surface area contributed by atoms with Gasteiger partial charge in [0.25, 0.3) is 5.91 Å². The van der Waals surface area contributed by atoms with E-state index in [2.05, 4.69) is 20.5 Å². The summed E-state index contributed by atoms with van der Waals surface area (Å²) < 4.78 is 38.8. The van der Waals surface area contributed by atoms with E-state index in [9.17, 15) is 18.0 Å². The van der Waals surface area contributed by atoms with E-state index in [1.54, 1.807) is 6.07 Å². The topological polar surface area (TPSA) is 70.7 Å². The van der Waals surface area contributed by atoms with Gasteiger partial charge in [-0.15, -0.1) is 0 Å². The number of H-pyrrole nitrogens is 1. The van der Waals surface area contributed by atoms with Gasteiger partial charge in [-0.05, 0) is 24.5 Å². The van der Waals surface area contributed by atoms with E-state index in [1.165, 1.54) is 38.2 Å². The number of nitrogens with zero attached hydrogens (tertiary/aromatic N) is 2. The molecule has 2 N–H and O–H groups in total. The molecule has 0 aromatic carbocycles. The molecule has 0 saturated heterocycles. The molecule has 2 heterocycles. The van der Waals surface area contributed by atoms with Crippen LogP contribution >= 0.6 is 0 Å². The van der Waals surface area contributed by atoms with Gasteiger partial charge in [-0.3, -0.25) is 14.9 Å². The lowest BCUT2D eigenvalue weighted by molar-refractivity contribution is -0.141. The lowest BCUT2D eigenvalue weighted by atomic mass is 9.86. The fourth-order valence-electron chi connectivity index (χ4n) is 3.23. The number of nitrogens with one attached hydrogen (secondary N) is 2. The first-order valence-corrected chi connectivity index (χ1v) is 8.31. The molecule has 0 bridgehead atoms. The number of aromatic amines is 1. The first-order chi connectivity index (χ1) is 11.9. The molecule has 1 aliphatic rings. The Labute approximate surface area is 143 Å². The van der Waals surface area contributed by atoms with Crippen molar-refractivity contribution in [2.45, 2.75) is 44.7 Å². The maximum absolute atomic E-state index is 12.9. The third-order valence-electron chi connectivity index (χ3n) is 4.43. The van der Waals surface area contributed by atoms with Crippen LogP contribution in [0.4, 0.5) is 19.0 Å². The minimum Gasteiger partial charge on any atom is -0.305 e. The number of hydrogen-bond donors (Lipinski definition) is 2. The third-order valence-corrected chi connectivity index (χ3v) is 4.43. The van der Waals surface area contributed by atoms with Crippen molar-refractivity contribution in [2.24, 2.45) is 5.92 Å². The minimum absolute atomic E-state index is 0.216. The second-order valence-corrected chi connectivity index (χ2v) is 6.34. The molecular formula is C17H19F3N4O. The zero-order valence-corrected chi connectivity index (χ0v) is 13.6. The van der Waals surface area contributed by atoms with Crippen molar-refractivity contribution in [1.82, 2.24) is 15.2 Å². The number of aromatic nitrogens is 3. The smallest absolute Gasteiger partial charge is 0.305 e. The molecule has 134 valence electrons. The fraction of sp³-hybridized carbons (Fsp3) is 0.471. The summed E-state index contributed by atoms with van der Waals surface area (Å²) >= 11 is 0. The summed E-state index contributed by atoms with van der Waals surface area (Å²) in [6, 6.07) is 4.07. The number of carbonyl (C=O) groups is 1. The van der Waals surface area contributed by atoms with Gasteiger partial charge in [0.2, 0.25) is 0 Å². The molecule has 1 aliphatic carbocycles. The zero-order chi connectivity index (χ0) is 17.9. The first-order valence-electron chi connectivity index (χ1n) is 8.31. The minimum atomic E-state index is -4.69. The highest BCUT2D eigenvalue weighted by Crippen LogP contribution is 2.30. The number of carbonyl (C=O) groups excluding carboxylic acids is 1. The predicted molar refractivity (Wildman–Crippen MR) is 86.1 cm³/mol. The summed E-state index contributed by atoms with van der Waals surface area (Å²) in [5, 5.41) is 9.24. The number of rotatable bonds is 4. The van der Waals surface area contributed by atoms with E-state index in [4.69, 9.17) is 0 Å². The summed E-state index contributed by atoms with van der Waals surface area (Å²) in [5.74, 6) is -0.0724. The van der Waals surface area contributed by atoms with Crippen molar-refractivity contribution in [3.63, 3.8) is 0 Å². The largest absolute Gasteiger partial charge is 0.434 e. The molecule has 1 fully saturated rings. The molecule has 0 spiro atoms. The maximum atomic E-state index is 12.9. The van der Waals surface area contributed by atoms with Crippen molar-refractivity contribution in [1.29, 1.82) is 0 Å². The Kier molecular flexibility index (Phi) is 5.06. The molecule has 1 amide bonds. The number of alkyl halides is 3. The van der Waals surface area contributed by atoms with Crippen LogP contribution < -0.4 is 5.32 Å². The molecule has 0 radical (unpaired) electrons. The van der Waals surface area contributed by atoms with Crippen LogP contribution in [0.2, 0.25) is 0 Å². The number of hydrogen-bond acceptors (Lipinski definition) is 3. The van der Waals surface area contributed by atoms with Crippen LogP contribution in [-0.2, 0) is 12.6 Å². The molecule has 0 aliphatic heterocycles. The molecule has 2 aromatic heterocycles. The van der Waals surface area contributed by atoms with Crippen molar-refractivity contribution in [2.75, 3.05) is 5.32 Å². The number of anilines is 1. The Bertz CT molecular complexity index is 735. The molecule has 8 heteroatoms. The lowest BCUT2D eigenvalue weighted by Gasteiger charge is -2.20. The van der Waals surface area contributed by atoms with Crippen molar-refractivity contribution in [3.8, 4) is 0 Å². The molecular weight excluding hydrogens is 333 g/mol. The van der Waals surface area contributed by atoms with Gasteiger partial charge in [0.15, 0.2) is 11.5 Å². The van der Waals surface area contributed by atoms with Gasteiger partial charge in [0.1, 0.15) is 0 Å². The van der Waals surface area contributed by atoms with Gasteiger partial charge in [0, 0.05) is 18.0 Å². The Hall–Kier alpha value is -2.38. The molecule has 5 nitrogen and oxygen atoms in total. The van der Waals surface area contributed by atoms with Crippen molar-refractivity contribution < 1.29 is 18.0 Å². The zero-order valence-electron chi connectivity index (χ0n) is 13.6. The average molecular weight is 352 g/mol. The Morgan fingerprint density at radius 1 is 1.28 bits per heavy atom. The third kappa shape index (κ3) is 4.37. The van der Waals surface area contributed by atoms with Crippen LogP contribution in [0, 0.1) is 5.92 Å². The van der Waals surface area contributed by atoms with E-state index in [1.807, 2.05) is 0 Å². The van der Waals surface area contributed by atoms with Gasteiger partial charge < -0.3 is 5.32 Å². The van der Waals surface area contributed by atoms with Gasteiger partial charge >= 0.3 is 6.18 Å². The van der Waals surface area contributed by atoms with Gasteiger partial charge in [-0.25, -0.2) is 0 Å². The van der Waals surface area contributed by atoms with Crippen molar-refractivity contribution in [3.05, 3.63) is 41.3 Å². The molecule has 1 saturated carbocycles. The van der Waals surface area contributed by atoms with Crippen LogP contribution in [-0.4, -0.2) is 21.1 Å². The van der Waals surface area contributed by atoms with E-state index in [0.29, 0.717) is 5.92 Å². The maximum Gasteiger partial charge on any atom is 0.434 e. The molecule has 0 unspecified atom stereocenters. The summed E-state index contributed by atoms with van der Waals surface area (Å²) in [7, 11) is 0. The second-order valence-electron chi connectivity index (χ2n) is 6.34. The lowest BCUT2D eigenvalue weighted by Crippen LogP contribution is -2.20. The summed E-state index contributed by atoms with van der Waals surface area (Å²) in [5.41, 5.74) is -0.846. The van der Waals surface area contributed by atoms with E-state index in [-0.39, 0.29) is 5.82 Å². The summed E-state index contributed by atoms with van der Waals surface area (Å²) in [4.78, 5) is 15.5. The SMILES string of the molecule is O=C(Nc1cc(CC2CCCCC2)[nH]n1)c1cccnc1C(F)(F)F. The number of amides is 1. The van der Waals surface area contributed by atoms with Crippen molar-refractivity contribution >= 4 is 11.7 Å². The first kappa shape index (κ1) is 17.4. The van der Waals surface area contributed by atoms with E-state index < -0.39 is 23.3 Å². The monoisotopic (exact) mass is 352 g/mol. The van der Waals surface area contributed by atoms with E-state index >= 15 is 0 Å². The van der Waals surface area contributed by atoms with Crippen LogP contribution in [0.25, 0.3) is 0 Å².